The van der Waals surface area contributed by atoms with Crippen molar-refractivity contribution in [2.24, 2.45) is 0 Å². The number of pyridine rings is 1. The van der Waals surface area contributed by atoms with Crippen molar-refractivity contribution in [3.63, 3.8) is 0 Å². The van der Waals surface area contributed by atoms with E-state index >= 15 is 0 Å². The number of anilines is 1. The van der Waals surface area contributed by atoms with Crippen molar-refractivity contribution in [1.29, 1.82) is 0 Å². The second-order valence-corrected chi connectivity index (χ2v) is 5.55. The molecule has 0 saturated carbocycles. The lowest BCUT2D eigenvalue weighted by Gasteiger charge is -2.08. The largest absolute Gasteiger partial charge is 0.494 e. The van der Waals surface area contributed by atoms with E-state index in [9.17, 15) is 9.18 Å². The number of aryl methyl sites for hydroxylation is 2. The van der Waals surface area contributed by atoms with E-state index in [2.05, 4.69) is 15.4 Å². The Kier molecular flexibility index (Phi) is 4.47. The molecule has 2 heterocycles. The van der Waals surface area contributed by atoms with E-state index in [0.717, 1.165) is 17.5 Å². The van der Waals surface area contributed by atoms with Crippen LogP contribution in [0.1, 0.15) is 21.7 Å². The molecule has 0 atom stereocenters. The minimum atomic E-state index is -0.590. The predicted molar refractivity (Wildman–Crippen MR) is 91.7 cm³/mol. The maximum absolute atomic E-state index is 13.7. The summed E-state index contributed by atoms with van der Waals surface area (Å²) < 4.78 is 20.3. The zero-order valence-electron chi connectivity index (χ0n) is 14.1. The number of aromatic nitrogens is 3. The first-order valence-corrected chi connectivity index (χ1v) is 7.62. The molecule has 0 aliphatic rings. The number of hydrogen-bond acceptors (Lipinski definition) is 4. The number of halogens is 1. The molecular weight excluding hydrogens is 323 g/mol. The number of carbonyl (C=O) groups is 1. The first-order chi connectivity index (χ1) is 12.0. The number of methoxy groups -OCH3 is 1. The van der Waals surface area contributed by atoms with Crippen LogP contribution in [0.3, 0.4) is 0 Å². The summed E-state index contributed by atoms with van der Waals surface area (Å²) in [5.41, 5.74) is 2.57. The van der Waals surface area contributed by atoms with Crippen LogP contribution in [0, 0.1) is 19.7 Å². The van der Waals surface area contributed by atoms with Gasteiger partial charge in [-0.3, -0.25) is 4.79 Å². The molecule has 3 aromatic rings. The van der Waals surface area contributed by atoms with Crippen molar-refractivity contribution in [3.8, 4) is 11.6 Å². The van der Waals surface area contributed by atoms with Crippen LogP contribution in [0.15, 0.2) is 42.6 Å². The van der Waals surface area contributed by atoms with Crippen LogP contribution in [-0.2, 0) is 0 Å². The first kappa shape index (κ1) is 16.6. The Bertz CT molecular complexity index is 919. The molecule has 1 aromatic carbocycles. The maximum Gasteiger partial charge on any atom is 0.255 e. The van der Waals surface area contributed by atoms with E-state index in [-0.39, 0.29) is 11.3 Å². The highest BCUT2D eigenvalue weighted by molar-refractivity contribution is 6.04. The number of nitrogens with zero attached hydrogens (tertiary/aromatic N) is 3. The monoisotopic (exact) mass is 340 g/mol. The van der Waals surface area contributed by atoms with Crippen molar-refractivity contribution in [2.45, 2.75) is 13.8 Å². The van der Waals surface area contributed by atoms with Crippen LogP contribution in [0.2, 0.25) is 0 Å². The highest BCUT2D eigenvalue weighted by Gasteiger charge is 2.11. The molecule has 3 rings (SSSR count). The number of carbonyl (C=O) groups excluding carboxylic acids is 1. The minimum Gasteiger partial charge on any atom is -0.494 e. The lowest BCUT2D eigenvalue weighted by molar-refractivity contribution is 0.102. The molecule has 2 aromatic heterocycles. The van der Waals surface area contributed by atoms with Gasteiger partial charge in [0.25, 0.3) is 5.91 Å². The van der Waals surface area contributed by atoms with Crippen molar-refractivity contribution in [2.75, 3.05) is 12.4 Å². The summed E-state index contributed by atoms with van der Waals surface area (Å²) in [7, 11) is 1.37. The Hall–Kier alpha value is -3.22. The zero-order chi connectivity index (χ0) is 18.0. The minimum absolute atomic E-state index is 0.0902. The van der Waals surface area contributed by atoms with Crippen molar-refractivity contribution >= 4 is 11.6 Å². The Morgan fingerprint density at radius 3 is 2.56 bits per heavy atom. The zero-order valence-corrected chi connectivity index (χ0v) is 14.1. The van der Waals surface area contributed by atoms with Gasteiger partial charge in [-0.05, 0) is 50.2 Å². The SMILES string of the molecule is COc1ccc(C(=O)Nc2ccc(-n3nc(C)cc3C)nc2)cc1F. The highest BCUT2D eigenvalue weighted by atomic mass is 19.1. The molecule has 0 unspecified atom stereocenters. The maximum atomic E-state index is 13.7. The molecule has 1 amide bonds. The molecule has 1 N–H and O–H groups in total. The van der Waals surface area contributed by atoms with Gasteiger partial charge < -0.3 is 10.1 Å². The average molecular weight is 340 g/mol. The third-order valence-electron chi connectivity index (χ3n) is 3.65. The van der Waals surface area contributed by atoms with Crippen LogP contribution in [-0.4, -0.2) is 27.8 Å². The summed E-state index contributed by atoms with van der Waals surface area (Å²) in [6.07, 6.45) is 1.53. The summed E-state index contributed by atoms with van der Waals surface area (Å²) >= 11 is 0. The van der Waals surface area contributed by atoms with Gasteiger partial charge in [-0.25, -0.2) is 14.1 Å². The molecule has 128 valence electrons. The molecule has 0 fully saturated rings. The Morgan fingerprint density at radius 1 is 1.20 bits per heavy atom. The summed E-state index contributed by atoms with van der Waals surface area (Å²) in [6.45, 7) is 3.85. The lowest BCUT2D eigenvalue weighted by atomic mass is 10.2. The van der Waals surface area contributed by atoms with Crippen molar-refractivity contribution < 1.29 is 13.9 Å². The van der Waals surface area contributed by atoms with Crippen LogP contribution >= 0.6 is 0 Å². The number of nitrogens with one attached hydrogen (secondary N) is 1. The fraction of sp³-hybridized carbons (Fsp3) is 0.167. The van der Waals surface area contributed by atoms with Gasteiger partial charge in [-0.1, -0.05) is 0 Å². The summed E-state index contributed by atoms with van der Waals surface area (Å²) in [5.74, 6) is -0.276. The quantitative estimate of drug-likeness (QED) is 0.791. The topological polar surface area (TPSA) is 69.0 Å². The Morgan fingerprint density at radius 2 is 2.00 bits per heavy atom. The highest BCUT2D eigenvalue weighted by Crippen LogP contribution is 2.19. The fourth-order valence-electron chi connectivity index (χ4n) is 2.46. The average Bonchev–Trinajstić information content (AvgIpc) is 2.93. The second-order valence-electron chi connectivity index (χ2n) is 5.55. The second kappa shape index (κ2) is 6.72. The number of benzene rings is 1. The number of rotatable bonds is 4. The molecule has 0 aliphatic heterocycles. The van der Waals surface area contributed by atoms with Gasteiger partial charge >= 0.3 is 0 Å². The van der Waals surface area contributed by atoms with E-state index in [1.165, 1.54) is 25.4 Å². The van der Waals surface area contributed by atoms with Gasteiger partial charge in [-0.15, -0.1) is 0 Å². The molecule has 0 spiro atoms. The smallest absolute Gasteiger partial charge is 0.255 e. The third kappa shape index (κ3) is 3.50. The van der Waals surface area contributed by atoms with Crippen molar-refractivity contribution in [1.82, 2.24) is 14.8 Å². The van der Waals surface area contributed by atoms with Crippen LogP contribution < -0.4 is 10.1 Å². The summed E-state index contributed by atoms with van der Waals surface area (Å²) in [6, 6.07) is 9.46. The number of amides is 1. The van der Waals surface area contributed by atoms with Crippen LogP contribution in [0.4, 0.5) is 10.1 Å². The molecule has 25 heavy (non-hydrogen) atoms. The van der Waals surface area contributed by atoms with E-state index in [1.807, 2.05) is 19.9 Å². The van der Waals surface area contributed by atoms with Crippen molar-refractivity contribution in [3.05, 3.63) is 65.4 Å². The van der Waals surface area contributed by atoms with E-state index in [4.69, 9.17) is 4.74 Å². The molecule has 0 bridgehead atoms. The summed E-state index contributed by atoms with van der Waals surface area (Å²) in [5, 5.41) is 7.04. The lowest BCUT2D eigenvalue weighted by Crippen LogP contribution is -2.13. The number of hydrogen-bond donors (Lipinski definition) is 1. The normalized spacial score (nSPS) is 10.6. The standard InChI is InChI=1S/C18H17FN4O2/c1-11-8-12(2)23(22-11)17-7-5-14(10-20-17)21-18(24)13-4-6-16(25-3)15(19)9-13/h4-10H,1-3H3,(H,21,24). The van der Waals surface area contributed by atoms with E-state index in [0.29, 0.717) is 11.5 Å². The van der Waals surface area contributed by atoms with Gasteiger partial charge in [0.15, 0.2) is 17.4 Å². The van der Waals surface area contributed by atoms with Gasteiger partial charge in [0.1, 0.15) is 0 Å². The fourth-order valence-corrected chi connectivity index (χ4v) is 2.46. The molecule has 7 heteroatoms. The Balaban J connectivity index is 1.76. The molecule has 0 radical (unpaired) electrons. The molecule has 0 aliphatic carbocycles. The van der Waals surface area contributed by atoms with E-state index < -0.39 is 11.7 Å². The molecular formula is C18H17FN4O2. The first-order valence-electron chi connectivity index (χ1n) is 7.62. The van der Waals surface area contributed by atoms with Gasteiger partial charge in [0.05, 0.1) is 24.7 Å². The molecule has 0 saturated heterocycles. The predicted octanol–water partition coefficient (Wildman–Crippen LogP) is 3.28. The van der Waals surface area contributed by atoms with Gasteiger partial charge in [0.2, 0.25) is 0 Å². The number of ether oxygens (including phenoxy) is 1. The van der Waals surface area contributed by atoms with Gasteiger partial charge in [0, 0.05) is 11.3 Å². The third-order valence-corrected chi connectivity index (χ3v) is 3.65. The Labute approximate surface area is 144 Å². The summed E-state index contributed by atoms with van der Waals surface area (Å²) in [4.78, 5) is 16.5. The van der Waals surface area contributed by atoms with E-state index in [1.54, 1.807) is 16.8 Å². The van der Waals surface area contributed by atoms with Crippen LogP contribution in [0.5, 0.6) is 5.75 Å². The molecule has 6 nitrogen and oxygen atoms in total. The van der Waals surface area contributed by atoms with Crippen LogP contribution in [0.25, 0.3) is 5.82 Å². The van der Waals surface area contributed by atoms with Gasteiger partial charge in [-0.2, -0.15) is 5.10 Å².